The molecule has 0 aliphatic heterocycles. The second-order valence-corrected chi connectivity index (χ2v) is 4.74. The van der Waals surface area contributed by atoms with E-state index in [0.29, 0.717) is 0 Å². The first-order valence-electron chi connectivity index (χ1n) is 6.27. The molecule has 0 fully saturated rings. The van der Waals surface area contributed by atoms with Crippen LogP contribution in [0.4, 0.5) is 0 Å². The molecular weight excluding hydrogens is 363 g/mol. The number of nitrogens with zero attached hydrogens (tertiary/aromatic N) is 2. The van der Waals surface area contributed by atoms with Gasteiger partial charge in [-0.25, -0.2) is 4.57 Å². The third-order valence-electron chi connectivity index (χ3n) is 3.43. The van der Waals surface area contributed by atoms with Gasteiger partial charge >= 0.3 is 0 Å². The van der Waals surface area contributed by atoms with Gasteiger partial charge in [-0.1, -0.05) is 30.3 Å². The summed E-state index contributed by atoms with van der Waals surface area (Å²) in [4.78, 5) is 0. The molecule has 100 valence electrons. The van der Waals surface area contributed by atoms with Gasteiger partial charge in [0.2, 0.25) is 6.33 Å². The van der Waals surface area contributed by atoms with Crippen molar-refractivity contribution >= 4 is 21.9 Å². The molecule has 0 N–H and O–H groups in total. The van der Waals surface area contributed by atoms with Crippen molar-refractivity contribution in [1.29, 1.82) is 0 Å². The molecule has 4 aromatic rings. The molecule has 0 saturated carbocycles. The minimum Gasteiger partial charge on any atom is -1.00 e. The molecule has 0 aliphatic carbocycles. The van der Waals surface area contributed by atoms with E-state index < -0.39 is 0 Å². The van der Waals surface area contributed by atoms with Gasteiger partial charge < -0.3 is 28.4 Å². The van der Waals surface area contributed by atoms with Gasteiger partial charge in [0.25, 0.3) is 0 Å². The van der Waals surface area contributed by atoms with Crippen LogP contribution in [0.25, 0.3) is 27.6 Å². The molecule has 2 aromatic carbocycles. The number of para-hydroxylation sites is 2. The number of fused-ring (bicyclic) bond motifs is 3. The monoisotopic (exact) mass is 376 g/mol. The van der Waals surface area contributed by atoms with E-state index in [2.05, 4.69) is 28.8 Å². The Balaban J connectivity index is 0.00000121. The van der Waals surface area contributed by atoms with E-state index in [0.717, 1.165) is 27.6 Å². The number of aromatic nitrogens is 2. The summed E-state index contributed by atoms with van der Waals surface area (Å²) < 4.78 is 10.1. The Morgan fingerprint density at radius 1 is 1.00 bits per heavy atom. The fourth-order valence-electron chi connectivity index (χ4n) is 2.53. The molecule has 0 aliphatic rings. The van der Waals surface area contributed by atoms with Crippen LogP contribution in [0.3, 0.4) is 0 Å². The average Bonchev–Trinajstić information content (AvgIpc) is 3.02. The number of aryl methyl sites for hydroxylation is 1. The molecule has 0 saturated heterocycles. The zero-order valence-corrected chi connectivity index (χ0v) is 13.1. The molecule has 2 heterocycles. The molecule has 20 heavy (non-hydrogen) atoms. The van der Waals surface area contributed by atoms with E-state index in [1.165, 1.54) is 0 Å². The van der Waals surface area contributed by atoms with Gasteiger partial charge in [-0.15, -0.1) is 0 Å². The number of hydrogen-bond donors (Lipinski definition) is 0. The van der Waals surface area contributed by atoms with Crippen molar-refractivity contribution in [2.24, 2.45) is 7.05 Å². The molecule has 0 radical (unpaired) electrons. The quantitative estimate of drug-likeness (QED) is 0.344. The Bertz CT molecular complexity index is 892. The van der Waals surface area contributed by atoms with Gasteiger partial charge in [-0.3, -0.25) is 0 Å². The Hall–Kier alpha value is -1.82. The Kier molecular flexibility index (Phi) is 3.25. The molecule has 0 unspecified atom stereocenters. The molecule has 4 heteroatoms. The summed E-state index contributed by atoms with van der Waals surface area (Å²) >= 11 is 0. The molecular formula is C16H13IN2O. The lowest BCUT2D eigenvalue weighted by molar-refractivity contribution is -0.670. The highest BCUT2D eigenvalue weighted by Crippen LogP contribution is 2.32. The van der Waals surface area contributed by atoms with Crippen LogP contribution in [0.1, 0.15) is 0 Å². The maximum Gasteiger partial charge on any atom is 0.248 e. The van der Waals surface area contributed by atoms with E-state index in [1.807, 2.05) is 48.5 Å². The lowest BCUT2D eigenvalue weighted by Crippen LogP contribution is -3.00. The summed E-state index contributed by atoms with van der Waals surface area (Å²) in [6.07, 6.45) is 6.07. The van der Waals surface area contributed by atoms with E-state index in [9.17, 15) is 0 Å². The Labute approximate surface area is 133 Å². The minimum absolute atomic E-state index is 0. The number of halogens is 1. The lowest BCUT2D eigenvalue weighted by Gasteiger charge is -1.96. The molecule has 0 atom stereocenters. The third-order valence-corrected chi connectivity index (χ3v) is 3.43. The van der Waals surface area contributed by atoms with Crippen molar-refractivity contribution in [3.63, 3.8) is 0 Å². The van der Waals surface area contributed by atoms with Crippen LogP contribution in [0.5, 0.6) is 0 Å². The maximum atomic E-state index is 6.02. The fraction of sp³-hybridized carbons (Fsp3) is 0.0625. The minimum atomic E-state index is 0. The predicted molar refractivity (Wildman–Crippen MR) is 74.2 cm³/mol. The Morgan fingerprint density at radius 2 is 1.80 bits per heavy atom. The van der Waals surface area contributed by atoms with Gasteiger partial charge in [0.1, 0.15) is 18.0 Å². The first kappa shape index (κ1) is 13.2. The van der Waals surface area contributed by atoms with Crippen LogP contribution in [-0.4, -0.2) is 4.57 Å². The number of rotatable bonds is 1. The average molecular weight is 376 g/mol. The molecule has 2 aromatic heterocycles. The van der Waals surface area contributed by atoms with E-state index in [1.54, 1.807) is 0 Å². The SMILES string of the molecule is C[n+]1ccn(-c2cccc3c2oc2ccccc23)c1.[I-]. The summed E-state index contributed by atoms with van der Waals surface area (Å²) in [5, 5.41) is 2.32. The van der Waals surface area contributed by atoms with Crippen molar-refractivity contribution in [3.8, 4) is 5.69 Å². The molecule has 0 bridgehead atoms. The molecule has 0 spiro atoms. The molecule has 4 rings (SSSR count). The normalized spacial score (nSPS) is 10.8. The van der Waals surface area contributed by atoms with Gasteiger partial charge in [-0.05, 0) is 12.1 Å². The number of imidazole rings is 1. The van der Waals surface area contributed by atoms with Crippen LogP contribution in [0.15, 0.2) is 65.6 Å². The zero-order valence-electron chi connectivity index (χ0n) is 11.0. The van der Waals surface area contributed by atoms with Crippen molar-refractivity contribution in [2.75, 3.05) is 0 Å². The summed E-state index contributed by atoms with van der Waals surface area (Å²) in [6.45, 7) is 0. The van der Waals surface area contributed by atoms with Gasteiger partial charge in [-0.2, -0.15) is 4.57 Å². The highest BCUT2D eigenvalue weighted by Gasteiger charge is 2.14. The fourth-order valence-corrected chi connectivity index (χ4v) is 2.53. The van der Waals surface area contributed by atoms with Crippen molar-refractivity contribution in [2.45, 2.75) is 0 Å². The van der Waals surface area contributed by atoms with E-state index in [4.69, 9.17) is 4.42 Å². The highest BCUT2D eigenvalue weighted by molar-refractivity contribution is 6.07. The van der Waals surface area contributed by atoms with Gasteiger partial charge in [0.05, 0.1) is 7.05 Å². The smallest absolute Gasteiger partial charge is 0.248 e. The highest BCUT2D eigenvalue weighted by atomic mass is 127. The Morgan fingerprint density at radius 3 is 2.60 bits per heavy atom. The van der Waals surface area contributed by atoms with Crippen LogP contribution in [-0.2, 0) is 7.05 Å². The number of hydrogen-bond acceptors (Lipinski definition) is 1. The summed E-state index contributed by atoms with van der Waals surface area (Å²) in [7, 11) is 2.01. The third kappa shape index (κ3) is 1.91. The maximum absolute atomic E-state index is 6.02. The number of benzene rings is 2. The van der Waals surface area contributed by atoms with E-state index >= 15 is 0 Å². The first-order chi connectivity index (χ1) is 9.33. The first-order valence-corrected chi connectivity index (χ1v) is 6.27. The van der Waals surface area contributed by atoms with Crippen LogP contribution < -0.4 is 28.5 Å². The van der Waals surface area contributed by atoms with Gasteiger partial charge in [0.15, 0.2) is 11.3 Å². The topological polar surface area (TPSA) is 21.9 Å². The van der Waals surface area contributed by atoms with E-state index in [-0.39, 0.29) is 24.0 Å². The van der Waals surface area contributed by atoms with Crippen molar-refractivity contribution < 1.29 is 33.0 Å². The molecule has 0 amide bonds. The largest absolute Gasteiger partial charge is 1.00 e. The standard InChI is InChI=1S/C16H13N2O.HI/c1-17-9-10-18(11-17)14-7-4-6-13-12-5-2-3-8-15(12)19-16(13)14;/h2-11H,1H3;1H/q+1;/p-1. The number of furan rings is 1. The van der Waals surface area contributed by atoms with Crippen LogP contribution >= 0.6 is 0 Å². The second-order valence-electron chi connectivity index (χ2n) is 4.74. The van der Waals surface area contributed by atoms with Crippen LogP contribution in [0, 0.1) is 0 Å². The zero-order chi connectivity index (χ0) is 12.8. The van der Waals surface area contributed by atoms with Gasteiger partial charge in [0, 0.05) is 10.8 Å². The predicted octanol–water partition coefficient (Wildman–Crippen LogP) is 0.205. The summed E-state index contributed by atoms with van der Waals surface area (Å²) in [6, 6.07) is 14.4. The van der Waals surface area contributed by atoms with Crippen molar-refractivity contribution in [3.05, 3.63) is 61.2 Å². The summed E-state index contributed by atoms with van der Waals surface area (Å²) in [5.74, 6) is 0. The van der Waals surface area contributed by atoms with Crippen molar-refractivity contribution in [1.82, 2.24) is 4.57 Å². The summed E-state index contributed by atoms with van der Waals surface area (Å²) in [5.41, 5.74) is 2.93. The lowest BCUT2D eigenvalue weighted by atomic mass is 10.1. The van der Waals surface area contributed by atoms with Crippen LogP contribution in [0.2, 0.25) is 0 Å². The molecule has 3 nitrogen and oxygen atoms in total. The second kappa shape index (κ2) is 4.94.